The van der Waals surface area contributed by atoms with Crippen LogP contribution in [0.3, 0.4) is 0 Å². The molecule has 3 rings (SSSR count). The normalized spacial score (nSPS) is 12.5. The van der Waals surface area contributed by atoms with Gasteiger partial charge in [-0.15, -0.1) is 0 Å². The minimum absolute atomic E-state index is 0.0118. The lowest BCUT2D eigenvalue weighted by molar-refractivity contribution is -0.192. The first-order valence-corrected chi connectivity index (χ1v) is 19.6. The zero-order valence-corrected chi connectivity index (χ0v) is 33.5. The van der Waals surface area contributed by atoms with Crippen molar-refractivity contribution in [2.75, 3.05) is 29.9 Å². The Hall–Kier alpha value is -4.29. The molecular weight excluding hydrogens is 831 g/mol. The second-order valence-electron chi connectivity index (χ2n) is 13.7. The number of rotatable bonds is 19. The Balaban J connectivity index is 0.00000141. The van der Waals surface area contributed by atoms with E-state index in [-0.39, 0.29) is 53.4 Å². The number of amides is 2. The minimum Gasteiger partial charge on any atom is -0.480 e. The number of alkyl halides is 4. The van der Waals surface area contributed by atoms with E-state index in [1.54, 1.807) is 11.1 Å². The minimum atomic E-state index is -5.08. The highest BCUT2D eigenvalue weighted by Crippen LogP contribution is 2.41. The quantitative estimate of drug-likeness (QED) is 0.0574. The summed E-state index contributed by atoms with van der Waals surface area (Å²) < 4.78 is 63.0. The van der Waals surface area contributed by atoms with Crippen LogP contribution in [0.25, 0.3) is 11.1 Å². The fraction of sp³-hybridized carbons (Fsp3) is 0.447. The molecular formula is C38H46BrF5N4O7S. The second-order valence-corrected chi connectivity index (χ2v) is 15.3. The van der Waals surface area contributed by atoms with Gasteiger partial charge in [0.05, 0.1) is 17.1 Å². The summed E-state index contributed by atoms with van der Waals surface area (Å²) >= 11 is 4.30. The number of carboxylic acid groups (broad SMARTS) is 2. The summed E-state index contributed by atoms with van der Waals surface area (Å²) in [4.78, 5) is 60.3. The van der Waals surface area contributed by atoms with Crippen LogP contribution in [-0.2, 0) is 30.5 Å². The second kappa shape index (κ2) is 22.5. The van der Waals surface area contributed by atoms with Gasteiger partial charge in [-0.3, -0.25) is 14.4 Å². The molecule has 2 amide bonds. The van der Waals surface area contributed by atoms with Crippen LogP contribution in [0, 0.1) is 17.0 Å². The van der Waals surface area contributed by atoms with Crippen LogP contribution in [0.5, 0.6) is 0 Å². The maximum atomic E-state index is 15.0. The molecule has 0 fully saturated rings. The smallest absolute Gasteiger partial charge is 0.480 e. The van der Waals surface area contributed by atoms with Crippen LogP contribution in [0.2, 0.25) is 0 Å². The molecule has 0 unspecified atom stereocenters. The van der Waals surface area contributed by atoms with Crippen LogP contribution in [-0.4, -0.2) is 91.4 Å². The molecule has 5 N–H and O–H groups in total. The van der Waals surface area contributed by atoms with Gasteiger partial charge in [0.1, 0.15) is 23.5 Å². The molecule has 2 aromatic carbocycles. The summed E-state index contributed by atoms with van der Waals surface area (Å²) in [6.45, 7) is 7.19. The van der Waals surface area contributed by atoms with Gasteiger partial charge in [-0.25, -0.2) is 18.4 Å². The van der Waals surface area contributed by atoms with E-state index in [0.717, 1.165) is 23.4 Å². The molecule has 56 heavy (non-hydrogen) atoms. The molecule has 0 aliphatic heterocycles. The van der Waals surface area contributed by atoms with Crippen molar-refractivity contribution in [2.24, 2.45) is 11.1 Å². The molecule has 2 atom stereocenters. The summed E-state index contributed by atoms with van der Waals surface area (Å²) in [5.74, 6) is -5.60. The van der Waals surface area contributed by atoms with E-state index in [0.29, 0.717) is 31.6 Å². The lowest BCUT2D eigenvalue weighted by Crippen LogP contribution is -2.44. The summed E-state index contributed by atoms with van der Waals surface area (Å²) in [5.41, 5.74) is 7.75. The van der Waals surface area contributed by atoms with E-state index in [9.17, 15) is 41.8 Å². The number of benzene rings is 2. The van der Waals surface area contributed by atoms with Crippen molar-refractivity contribution in [3.8, 4) is 11.1 Å². The number of nitrogens with two attached hydrogens (primary N) is 1. The van der Waals surface area contributed by atoms with E-state index >= 15 is 4.39 Å². The standard InChI is InChI=1S/C36H45BrF2N4O5S.C2HF3O2/c1-36(2,3)34(31-18-25(28-19-26(38)10-12-29(28)39)22-42(31)21-24-8-5-4-6-9-24)43(16-7-15-40)33(46)23-49-17-14-32(45)41-30(35(47)48)13-11-27(44)20-37;3-2(4,5)1(6)7/h4-6,8-10,12,18-19,22,30,34H,7,11,13-17,20-21,23,40H2,1-3H3,(H,41,45)(H,47,48);(H,6,7)/t30-,34+;/m1./s1. The molecule has 18 heteroatoms. The van der Waals surface area contributed by atoms with E-state index < -0.39 is 53.2 Å². The first kappa shape index (κ1) is 47.9. The van der Waals surface area contributed by atoms with Crippen LogP contribution < -0.4 is 11.1 Å². The maximum absolute atomic E-state index is 15.0. The number of nitrogens with one attached hydrogen (secondary N) is 1. The van der Waals surface area contributed by atoms with Crippen molar-refractivity contribution in [1.82, 2.24) is 14.8 Å². The molecule has 0 saturated heterocycles. The topological polar surface area (TPSA) is 172 Å². The average Bonchev–Trinajstić information content (AvgIpc) is 3.52. The Bertz CT molecular complexity index is 1790. The molecule has 0 saturated carbocycles. The molecule has 11 nitrogen and oxygen atoms in total. The van der Waals surface area contributed by atoms with Crippen LogP contribution in [0.1, 0.15) is 63.8 Å². The number of carbonyl (C=O) groups excluding carboxylic acids is 3. The van der Waals surface area contributed by atoms with Crippen molar-refractivity contribution in [3.05, 3.63) is 83.7 Å². The number of aromatic nitrogens is 1. The molecule has 0 aliphatic rings. The Morgan fingerprint density at radius 1 is 0.982 bits per heavy atom. The van der Waals surface area contributed by atoms with Crippen LogP contribution >= 0.6 is 27.7 Å². The number of hydrogen-bond acceptors (Lipinski definition) is 7. The summed E-state index contributed by atoms with van der Waals surface area (Å²) in [5, 5.41) is 19.2. The highest BCUT2D eigenvalue weighted by atomic mass is 79.9. The van der Waals surface area contributed by atoms with Crippen molar-refractivity contribution in [2.45, 2.75) is 71.3 Å². The van der Waals surface area contributed by atoms with Gasteiger partial charge in [0.15, 0.2) is 0 Å². The molecule has 3 aromatic rings. The van der Waals surface area contributed by atoms with Gasteiger partial charge >= 0.3 is 18.1 Å². The van der Waals surface area contributed by atoms with Gasteiger partial charge in [0.2, 0.25) is 11.8 Å². The third kappa shape index (κ3) is 15.7. The average molecular weight is 878 g/mol. The van der Waals surface area contributed by atoms with Gasteiger partial charge in [0.25, 0.3) is 0 Å². The van der Waals surface area contributed by atoms with Crippen LogP contribution in [0.4, 0.5) is 22.0 Å². The number of nitrogens with zero attached hydrogens (tertiary/aromatic N) is 2. The fourth-order valence-corrected chi connectivity index (χ4v) is 6.67. The van der Waals surface area contributed by atoms with Gasteiger partial charge in [-0.1, -0.05) is 67.0 Å². The number of thioether (sulfide) groups is 1. The largest absolute Gasteiger partial charge is 0.490 e. The number of carboxylic acids is 2. The number of Topliss-reactive ketones (excluding diaryl/α,β-unsaturated/α-hetero) is 1. The number of aliphatic carboxylic acids is 2. The Morgan fingerprint density at radius 2 is 1.62 bits per heavy atom. The molecule has 0 spiro atoms. The van der Waals surface area contributed by atoms with Crippen LogP contribution in [0.15, 0.2) is 60.8 Å². The zero-order valence-electron chi connectivity index (χ0n) is 31.1. The first-order valence-electron chi connectivity index (χ1n) is 17.4. The highest BCUT2D eigenvalue weighted by molar-refractivity contribution is 9.09. The summed E-state index contributed by atoms with van der Waals surface area (Å²) in [6, 6.07) is 13.2. The van der Waals surface area contributed by atoms with Gasteiger partial charge in [0, 0.05) is 54.7 Å². The lowest BCUT2D eigenvalue weighted by atomic mass is 9.83. The van der Waals surface area contributed by atoms with Crippen molar-refractivity contribution < 1.29 is 56.1 Å². The number of hydrogen-bond donors (Lipinski definition) is 4. The monoisotopic (exact) mass is 876 g/mol. The highest BCUT2D eigenvalue weighted by Gasteiger charge is 2.38. The van der Waals surface area contributed by atoms with E-state index in [1.165, 1.54) is 17.8 Å². The predicted molar refractivity (Wildman–Crippen MR) is 206 cm³/mol. The summed E-state index contributed by atoms with van der Waals surface area (Å²) in [7, 11) is 0. The summed E-state index contributed by atoms with van der Waals surface area (Å²) in [6.07, 6.45) is -2.77. The Morgan fingerprint density at radius 3 is 2.18 bits per heavy atom. The fourth-order valence-electron chi connectivity index (χ4n) is 5.57. The Kier molecular flexibility index (Phi) is 19.2. The first-order chi connectivity index (χ1) is 26.2. The number of halogens is 6. The van der Waals surface area contributed by atoms with E-state index in [1.807, 2.05) is 61.7 Å². The van der Waals surface area contributed by atoms with Crippen molar-refractivity contribution in [1.29, 1.82) is 0 Å². The molecule has 1 aromatic heterocycles. The van der Waals surface area contributed by atoms with Gasteiger partial charge in [-0.2, -0.15) is 24.9 Å². The maximum Gasteiger partial charge on any atom is 0.490 e. The zero-order chi connectivity index (χ0) is 42.2. The predicted octanol–water partition coefficient (Wildman–Crippen LogP) is 6.82. The van der Waals surface area contributed by atoms with Crippen molar-refractivity contribution in [3.63, 3.8) is 0 Å². The van der Waals surface area contributed by atoms with Crippen molar-refractivity contribution >= 4 is 57.2 Å². The number of ketones is 1. The molecule has 0 aliphatic carbocycles. The van der Waals surface area contributed by atoms with Gasteiger partial charge in [-0.05, 0) is 54.6 Å². The molecule has 0 bridgehead atoms. The third-order valence-corrected chi connectivity index (χ3v) is 9.71. The SMILES string of the molecule is CC(C)(C)[C@H](c1cc(-c2cc(F)ccc2F)cn1Cc1ccccc1)N(CCCN)C(=O)CSCCC(=O)N[C@H](CCC(=O)CBr)C(=O)O.O=C(O)C(F)(F)F. The Labute approximate surface area is 334 Å². The van der Waals surface area contributed by atoms with E-state index in [2.05, 4.69) is 21.2 Å². The molecule has 308 valence electrons. The molecule has 0 radical (unpaired) electrons. The lowest BCUT2D eigenvalue weighted by Gasteiger charge is -2.41. The van der Waals surface area contributed by atoms with Gasteiger partial charge < -0.3 is 30.7 Å². The number of carbonyl (C=O) groups is 5. The van der Waals surface area contributed by atoms with E-state index in [4.69, 9.17) is 15.6 Å². The molecule has 1 heterocycles. The third-order valence-electron chi connectivity index (χ3n) is 8.14.